The van der Waals surface area contributed by atoms with Gasteiger partial charge in [-0.2, -0.15) is 0 Å². The van der Waals surface area contributed by atoms with Crippen molar-refractivity contribution in [1.82, 2.24) is 5.32 Å². The maximum Gasteiger partial charge on any atom is 0.251 e. The van der Waals surface area contributed by atoms with Gasteiger partial charge in [-0.25, -0.2) is 4.39 Å². The lowest BCUT2D eigenvalue weighted by molar-refractivity contribution is 0.0950. The van der Waals surface area contributed by atoms with Crippen LogP contribution in [-0.2, 0) is 6.54 Å². The highest BCUT2D eigenvalue weighted by Gasteiger charge is 2.16. The van der Waals surface area contributed by atoms with E-state index in [4.69, 9.17) is 4.74 Å². The highest BCUT2D eigenvalue weighted by molar-refractivity contribution is 5.94. The summed E-state index contributed by atoms with van der Waals surface area (Å²) in [5.41, 5.74) is 2.52. The fraction of sp³-hybridized carbons (Fsp3) is 0.381. The first-order valence-electron chi connectivity index (χ1n) is 9.02. The molecule has 26 heavy (non-hydrogen) atoms. The predicted molar refractivity (Wildman–Crippen MR) is 101 cm³/mol. The van der Waals surface area contributed by atoms with Crippen molar-refractivity contribution in [1.29, 1.82) is 0 Å². The van der Waals surface area contributed by atoms with Crippen LogP contribution in [0.2, 0.25) is 0 Å². The summed E-state index contributed by atoms with van der Waals surface area (Å²) in [4.78, 5) is 14.6. The minimum Gasteiger partial charge on any atom is -0.494 e. The smallest absolute Gasteiger partial charge is 0.251 e. The SMILES string of the molecule is COc1ccc(C(=O)NCc2ccc(N3CCC[C@@H](C)C3)cc2)cc1F. The first kappa shape index (κ1) is 18.2. The first-order valence-corrected chi connectivity index (χ1v) is 9.02. The second-order valence-corrected chi connectivity index (χ2v) is 6.89. The molecule has 0 aliphatic carbocycles. The van der Waals surface area contributed by atoms with E-state index in [1.807, 2.05) is 12.1 Å². The molecule has 0 unspecified atom stereocenters. The lowest BCUT2D eigenvalue weighted by Gasteiger charge is -2.32. The molecule has 3 rings (SSSR count). The Morgan fingerprint density at radius 2 is 2.04 bits per heavy atom. The third-order valence-corrected chi connectivity index (χ3v) is 4.83. The van der Waals surface area contributed by atoms with Crippen LogP contribution in [0.5, 0.6) is 5.75 Å². The molecule has 1 aliphatic heterocycles. The monoisotopic (exact) mass is 356 g/mol. The quantitative estimate of drug-likeness (QED) is 0.880. The summed E-state index contributed by atoms with van der Waals surface area (Å²) in [6.07, 6.45) is 2.53. The lowest BCUT2D eigenvalue weighted by atomic mass is 9.99. The van der Waals surface area contributed by atoms with Gasteiger partial charge in [-0.3, -0.25) is 4.79 Å². The zero-order chi connectivity index (χ0) is 18.5. The number of nitrogens with one attached hydrogen (secondary N) is 1. The predicted octanol–water partition coefficient (Wildman–Crippen LogP) is 4.00. The average Bonchev–Trinajstić information content (AvgIpc) is 2.66. The van der Waals surface area contributed by atoms with Crippen molar-refractivity contribution in [3.8, 4) is 5.75 Å². The van der Waals surface area contributed by atoms with Gasteiger partial charge >= 0.3 is 0 Å². The molecule has 1 atom stereocenters. The van der Waals surface area contributed by atoms with Crippen LogP contribution < -0.4 is 15.0 Å². The molecule has 4 nitrogen and oxygen atoms in total. The maximum absolute atomic E-state index is 13.7. The summed E-state index contributed by atoms with van der Waals surface area (Å²) in [6, 6.07) is 12.5. The Kier molecular flexibility index (Phi) is 5.76. The summed E-state index contributed by atoms with van der Waals surface area (Å²) in [6.45, 7) is 4.89. The number of hydrogen-bond acceptors (Lipinski definition) is 3. The fourth-order valence-corrected chi connectivity index (χ4v) is 3.34. The van der Waals surface area contributed by atoms with E-state index < -0.39 is 5.82 Å². The molecule has 1 aliphatic rings. The molecule has 138 valence electrons. The summed E-state index contributed by atoms with van der Waals surface area (Å²) in [5, 5.41) is 2.83. The van der Waals surface area contributed by atoms with Gasteiger partial charge < -0.3 is 15.0 Å². The van der Waals surface area contributed by atoms with Crippen molar-refractivity contribution in [2.45, 2.75) is 26.3 Å². The molecular weight excluding hydrogens is 331 g/mol. The minimum absolute atomic E-state index is 0.129. The van der Waals surface area contributed by atoms with Gasteiger partial charge in [0.25, 0.3) is 5.91 Å². The summed E-state index contributed by atoms with van der Waals surface area (Å²) in [7, 11) is 1.40. The number of methoxy groups -OCH3 is 1. The Hall–Kier alpha value is -2.56. The fourth-order valence-electron chi connectivity index (χ4n) is 3.34. The molecule has 0 saturated carbocycles. The Labute approximate surface area is 154 Å². The van der Waals surface area contributed by atoms with E-state index in [0.29, 0.717) is 6.54 Å². The molecule has 1 fully saturated rings. The van der Waals surface area contributed by atoms with E-state index in [-0.39, 0.29) is 17.2 Å². The largest absolute Gasteiger partial charge is 0.494 e. The van der Waals surface area contributed by atoms with Crippen molar-refractivity contribution >= 4 is 11.6 Å². The molecule has 1 saturated heterocycles. The number of rotatable bonds is 5. The number of halogens is 1. The summed E-state index contributed by atoms with van der Waals surface area (Å²) in [5.74, 6) is 0.0116. The summed E-state index contributed by atoms with van der Waals surface area (Å²) < 4.78 is 18.6. The molecule has 0 bridgehead atoms. The molecule has 0 aromatic heterocycles. The maximum atomic E-state index is 13.7. The van der Waals surface area contributed by atoms with E-state index in [9.17, 15) is 9.18 Å². The van der Waals surface area contributed by atoms with Crippen LogP contribution in [0.15, 0.2) is 42.5 Å². The van der Waals surface area contributed by atoms with E-state index in [0.717, 1.165) is 24.6 Å². The summed E-state index contributed by atoms with van der Waals surface area (Å²) >= 11 is 0. The number of amides is 1. The highest BCUT2D eigenvalue weighted by atomic mass is 19.1. The number of benzene rings is 2. The number of piperidine rings is 1. The molecule has 0 spiro atoms. The van der Waals surface area contributed by atoms with Crippen LogP contribution in [0.1, 0.15) is 35.7 Å². The number of hydrogen-bond donors (Lipinski definition) is 1. The number of ether oxygens (including phenoxy) is 1. The Morgan fingerprint density at radius 1 is 1.27 bits per heavy atom. The van der Waals surface area contributed by atoms with E-state index >= 15 is 0 Å². The Morgan fingerprint density at radius 3 is 2.69 bits per heavy atom. The standard InChI is InChI=1S/C21H25FN2O2/c1-15-4-3-11-24(14-15)18-8-5-16(6-9-18)13-23-21(25)17-7-10-20(26-2)19(22)12-17/h5-10,12,15H,3-4,11,13-14H2,1-2H3,(H,23,25)/t15-/m1/s1. The van der Waals surface area contributed by atoms with Crippen molar-refractivity contribution in [3.63, 3.8) is 0 Å². The highest BCUT2D eigenvalue weighted by Crippen LogP contribution is 2.23. The van der Waals surface area contributed by atoms with Crippen molar-refractivity contribution in [2.24, 2.45) is 5.92 Å². The minimum atomic E-state index is -0.541. The first-order chi connectivity index (χ1) is 12.6. The van der Waals surface area contributed by atoms with E-state index in [2.05, 4.69) is 29.3 Å². The molecule has 2 aromatic carbocycles. The van der Waals surface area contributed by atoms with Crippen LogP contribution in [0.25, 0.3) is 0 Å². The van der Waals surface area contributed by atoms with Crippen molar-refractivity contribution < 1.29 is 13.9 Å². The van der Waals surface area contributed by atoms with Crippen LogP contribution in [-0.4, -0.2) is 26.1 Å². The zero-order valence-corrected chi connectivity index (χ0v) is 15.3. The van der Waals surface area contributed by atoms with Gasteiger partial charge in [0, 0.05) is 30.9 Å². The molecule has 2 aromatic rings. The Bertz CT molecular complexity index is 761. The molecule has 1 amide bonds. The van der Waals surface area contributed by atoms with Gasteiger partial charge in [0.05, 0.1) is 7.11 Å². The lowest BCUT2D eigenvalue weighted by Crippen LogP contribution is -2.34. The molecule has 5 heteroatoms. The molecule has 1 heterocycles. The van der Waals surface area contributed by atoms with Gasteiger partial charge in [-0.1, -0.05) is 19.1 Å². The molecule has 1 N–H and O–H groups in total. The molecule has 0 radical (unpaired) electrons. The van der Waals surface area contributed by atoms with Crippen LogP contribution in [0, 0.1) is 11.7 Å². The number of carbonyl (C=O) groups is 1. The third-order valence-electron chi connectivity index (χ3n) is 4.83. The van der Waals surface area contributed by atoms with Crippen LogP contribution in [0.3, 0.4) is 0 Å². The Balaban J connectivity index is 1.57. The third kappa shape index (κ3) is 4.34. The normalized spacial score (nSPS) is 17.0. The van der Waals surface area contributed by atoms with Gasteiger partial charge in [-0.15, -0.1) is 0 Å². The van der Waals surface area contributed by atoms with Gasteiger partial charge in [0.1, 0.15) is 0 Å². The van der Waals surface area contributed by atoms with Gasteiger partial charge in [-0.05, 0) is 54.7 Å². The number of carbonyl (C=O) groups excluding carboxylic acids is 1. The van der Waals surface area contributed by atoms with Crippen molar-refractivity contribution in [3.05, 3.63) is 59.4 Å². The topological polar surface area (TPSA) is 41.6 Å². The van der Waals surface area contributed by atoms with Crippen LogP contribution in [0.4, 0.5) is 10.1 Å². The average molecular weight is 356 g/mol. The number of nitrogens with zero attached hydrogens (tertiary/aromatic N) is 1. The van der Waals surface area contributed by atoms with Crippen LogP contribution >= 0.6 is 0 Å². The van der Waals surface area contributed by atoms with E-state index in [1.165, 1.54) is 37.8 Å². The number of anilines is 1. The molecular formula is C21H25FN2O2. The van der Waals surface area contributed by atoms with Gasteiger partial charge in [0.2, 0.25) is 0 Å². The van der Waals surface area contributed by atoms with Crippen molar-refractivity contribution in [2.75, 3.05) is 25.1 Å². The second kappa shape index (κ2) is 8.21. The van der Waals surface area contributed by atoms with Gasteiger partial charge in [0.15, 0.2) is 11.6 Å². The van der Waals surface area contributed by atoms with E-state index in [1.54, 1.807) is 6.07 Å². The zero-order valence-electron chi connectivity index (χ0n) is 15.3. The second-order valence-electron chi connectivity index (χ2n) is 6.89.